The molecule has 0 fully saturated rings. The average Bonchev–Trinajstić information content (AvgIpc) is 3.32. The predicted octanol–water partition coefficient (Wildman–Crippen LogP) is 5.79. The number of nitrogens with one attached hydrogen (secondary N) is 1. The van der Waals surface area contributed by atoms with Crippen LogP contribution < -0.4 is 9.47 Å². The number of H-pyrrole nitrogens is 1. The van der Waals surface area contributed by atoms with Gasteiger partial charge >= 0.3 is 5.97 Å². The van der Waals surface area contributed by atoms with Crippen LogP contribution in [0, 0.1) is 0 Å². The second kappa shape index (κ2) is 10.3. The third kappa shape index (κ3) is 5.35. The maximum absolute atomic E-state index is 12.5. The van der Waals surface area contributed by atoms with Crippen LogP contribution in [-0.4, -0.2) is 42.2 Å². The van der Waals surface area contributed by atoms with Crippen LogP contribution in [0.5, 0.6) is 23.0 Å². The van der Waals surface area contributed by atoms with E-state index < -0.39 is 15.8 Å². The van der Waals surface area contributed by atoms with E-state index in [2.05, 4.69) is 15.0 Å². The lowest BCUT2D eigenvalue weighted by Crippen LogP contribution is -2.06. The first kappa shape index (κ1) is 25.0. The highest BCUT2D eigenvalue weighted by molar-refractivity contribution is 7.90. The van der Waals surface area contributed by atoms with Crippen LogP contribution in [-0.2, 0) is 14.6 Å². The highest BCUT2D eigenvalue weighted by Gasteiger charge is 2.19. The minimum Gasteiger partial charge on any atom is -0.462 e. The van der Waals surface area contributed by atoms with Crippen LogP contribution in [0.25, 0.3) is 22.6 Å². The number of fused-ring (bicyclic) bond motifs is 1. The number of aromatic nitrogens is 3. The van der Waals surface area contributed by atoms with E-state index in [1.54, 1.807) is 61.7 Å². The third-order valence-electron chi connectivity index (χ3n) is 5.54. The Hall–Kier alpha value is -4.70. The minimum atomic E-state index is -3.35. The lowest BCUT2D eigenvalue weighted by Gasteiger charge is -2.14. The molecule has 0 saturated heterocycles. The van der Waals surface area contributed by atoms with Gasteiger partial charge in [-0.1, -0.05) is 18.2 Å². The number of hydrogen-bond acceptors (Lipinski definition) is 8. The Morgan fingerprint density at radius 3 is 2.34 bits per heavy atom. The number of carbonyl (C=O) groups is 1. The van der Waals surface area contributed by atoms with Crippen molar-refractivity contribution in [3.05, 3.63) is 90.6 Å². The lowest BCUT2D eigenvalue weighted by molar-refractivity contribution is 0.0523. The summed E-state index contributed by atoms with van der Waals surface area (Å²) in [6.45, 7) is 1.95. The molecular formula is C28H23N3O6S. The maximum Gasteiger partial charge on any atom is 0.341 e. The standard InChI is InChI=1S/C28H23N3O6S/c1-3-35-28(32)20-8-4-5-10-24(20)37-26-17-23-22(30-27(31-23)21-9-6-7-15-29-21)16-25(26)36-18-11-13-19(14-12-18)38(2,33)34/h4-17H,3H2,1-2H3,(H,30,31). The van der Waals surface area contributed by atoms with Gasteiger partial charge in [-0.25, -0.2) is 18.2 Å². The van der Waals surface area contributed by atoms with Gasteiger partial charge in [-0.05, 0) is 55.5 Å². The van der Waals surface area contributed by atoms with Crippen molar-refractivity contribution in [2.24, 2.45) is 0 Å². The summed E-state index contributed by atoms with van der Waals surface area (Å²) < 4.78 is 41.2. The fourth-order valence-corrected chi connectivity index (χ4v) is 4.37. The van der Waals surface area contributed by atoms with Gasteiger partial charge in [0, 0.05) is 24.6 Å². The molecule has 0 aliphatic carbocycles. The number of rotatable bonds is 8. The number of benzene rings is 3. The minimum absolute atomic E-state index is 0.175. The summed E-state index contributed by atoms with van der Waals surface area (Å²) in [6.07, 6.45) is 2.82. The molecule has 5 rings (SSSR count). The summed E-state index contributed by atoms with van der Waals surface area (Å²) in [5.41, 5.74) is 2.18. The zero-order valence-corrected chi connectivity index (χ0v) is 21.4. The van der Waals surface area contributed by atoms with Crippen molar-refractivity contribution >= 4 is 26.8 Å². The molecule has 0 aliphatic rings. The number of sulfone groups is 1. The molecule has 0 saturated carbocycles. The van der Waals surface area contributed by atoms with Crippen LogP contribution in [0.2, 0.25) is 0 Å². The van der Waals surface area contributed by atoms with Crippen molar-refractivity contribution in [2.75, 3.05) is 12.9 Å². The quantitative estimate of drug-likeness (QED) is 0.251. The molecule has 38 heavy (non-hydrogen) atoms. The number of pyridine rings is 1. The largest absolute Gasteiger partial charge is 0.462 e. The Morgan fingerprint density at radius 1 is 0.895 bits per heavy atom. The van der Waals surface area contributed by atoms with Crippen LogP contribution in [0.3, 0.4) is 0 Å². The summed E-state index contributed by atoms with van der Waals surface area (Å²) in [7, 11) is -3.35. The van der Waals surface area contributed by atoms with E-state index in [0.717, 1.165) is 6.26 Å². The van der Waals surface area contributed by atoms with Gasteiger partial charge in [0.05, 0.1) is 22.5 Å². The van der Waals surface area contributed by atoms with Gasteiger partial charge in [0.25, 0.3) is 0 Å². The van der Waals surface area contributed by atoms with E-state index in [-0.39, 0.29) is 22.8 Å². The monoisotopic (exact) mass is 529 g/mol. The lowest BCUT2D eigenvalue weighted by atomic mass is 10.2. The molecule has 0 spiro atoms. The summed E-state index contributed by atoms with van der Waals surface area (Å²) in [5, 5.41) is 0. The SMILES string of the molecule is CCOC(=O)c1ccccc1Oc1cc2nc(-c3ccccn3)[nH]c2cc1Oc1ccc(S(C)(=O)=O)cc1. The first-order valence-corrected chi connectivity index (χ1v) is 13.6. The van der Waals surface area contributed by atoms with Crippen LogP contribution >= 0.6 is 0 Å². The van der Waals surface area contributed by atoms with Gasteiger partial charge in [0.15, 0.2) is 27.2 Å². The molecule has 0 amide bonds. The molecule has 0 unspecified atom stereocenters. The average molecular weight is 530 g/mol. The molecule has 3 aromatic carbocycles. The first-order chi connectivity index (χ1) is 18.3. The summed E-state index contributed by atoms with van der Waals surface area (Å²) >= 11 is 0. The number of aromatic amines is 1. The smallest absolute Gasteiger partial charge is 0.341 e. The highest BCUT2D eigenvalue weighted by Crippen LogP contribution is 2.39. The van der Waals surface area contributed by atoms with E-state index in [1.165, 1.54) is 12.1 Å². The zero-order chi connectivity index (χ0) is 26.7. The van der Waals surface area contributed by atoms with Crippen LogP contribution in [0.4, 0.5) is 0 Å². The van der Waals surface area contributed by atoms with Crippen molar-refractivity contribution in [1.29, 1.82) is 0 Å². The van der Waals surface area contributed by atoms with E-state index in [1.807, 2.05) is 18.2 Å². The molecule has 2 aromatic heterocycles. The normalized spacial score (nSPS) is 11.3. The van der Waals surface area contributed by atoms with Gasteiger partial charge in [-0.2, -0.15) is 0 Å². The highest BCUT2D eigenvalue weighted by atomic mass is 32.2. The van der Waals surface area contributed by atoms with Gasteiger partial charge in [0.1, 0.15) is 22.8 Å². The number of carbonyl (C=O) groups excluding carboxylic acids is 1. The van der Waals surface area contributed by atoms with E-state index in [0.29, 0.717) is 39.8 Å². The van der Waals surface area contributed by atoms with Crippen molar-refractivity contribution in [3.63, 3.8) is 0 Å². The van der Waals surface area contributed by atoms with Gasteiger partial charge in [-0.3, -0.25) is 4.98 Å². The number of ether oxygens (including phenoxy) is 3. The fraction of sp³-hybridized carbons (Fsp3) is 0.107. The molecule has 0 radical (unpaired) electrons. The third-order valence-corrected chi connectivity index (χ3v) is 6.67. The van der Waals surface area contributed by atoms with Crippen molar-refractivity contribution in [1.82, 2.24) is 15.0 Å². The molecule has 192 valence electrons. The summed E-state index contributed by atoms with van der Waals surface area (Å²) in [4.78, 5) is 24.9. The van der Waals surface area contributed by atoms with Crippen molar-refractivity contribution in [3.8, 4) is 34.5 Å². The first-order valence-electron chi connectivity index (χ1n) is 11.7. The molecule has 0 aliphatic heterocycles. The molecule has 9 nitrogen and oxygen atoms in total. The van der Waals surface area contributed by atoms with Gasteiger partial charge < -0.3 is 19.2 Å². The van der Waals surface area contributed by atoms with Crippen LogP contribution in [0.1, 0.15) is 17.3 Å². The number of para-hydroxylation sites is 1. The Labute approximate surface area is 219 Å². The zero-order valence-electron chi connectivity index (χ0n) is 20.5. The second-order valence-electron chi connectivity index (χ2n) is 8.28. The fourth-order valence-electron chi connectivity index (χ4n) is 3.73. The Morgan fingerprint density at radius 2 is 1.63 bits per heavy atom. The Kier molecular flexibility index (Phi) is 6.80. The Bertz CT molecular complexity index is 1720. The molecule has 0 atom stereocenters. The second-order valence-corrected chi connectivity index (χ2v) is 10.3. The molecule has 0 bridgehead atoms. The Balaban J connectivity index is 1.58. The van der Waals surface area contributed by atoms with Crippen molar-refractivity contribution < 1.29 is 27.4 Å². The topological polar surface area (TPSA) is 120 Å². The molecule has 2 heterocycles. The molecule has 10 heteroatoms. The molecule has 5 aromatic rings. The number of hydrogen-bond donors (Lipinski definition) is 1. The predicted molar refractivity (Wildman–Crippen MR) is 141 cm³/mol. The number of imidazole rings is 1. The van der Waals surface area contributed by atoms with Gasteiger partial charge in [0.2, 0.25) is 0 Å². The summed E-state index contributed by atoms with van der Waals surface area (Å²) in [5.74, 6) is 1.33. The number of esters is 1. The summed E-state index contributed by atoms with van der Waals surface area (Å²) in [6, 6.07) is 21.7. The van der Waals surface area contributed by atoms with E-state index in [4.69, 9.17) is 14.2 Å². The van der Waals surface area contributed by atoms with E-state index >= 15 is 0 Å². The molecule has 1 N–H and O–H groups in total. The van der Waals surface area contributed by atoms with Gasteiger partial charge in [-0.15, -0.1) is 0 Å². The van der Waals surface area contributed by atoms with Crippen LogP contribution in [0.15, 0.2) is 90.0 Å². The maximum atomic E-state index is 12.5. The molecular weight excluding hydrogens is 506 g/mol. The van der Waals surface area contributed by atoms with Crippen molar-refractivity contribution in [2.45, 2.75) is 11.8 Å². The van der Waals surface area contributed by atoms with E-state index in [9.17, 15) is 13.2 Å². The number of nitrogens with zero attached hydrogens (tertiary/aromatic N) is 2.